The number of benzene rings is 1. The summed E-state index contributed by atoms with van der Waals surface area (Å²) in [5, 5.41) is 3.51. The van der Waals surface area contributed by atoms with E-state index in [9.17, 15) is 0 Å². The van der Waals surface area contributed by atoms with Crippen molar-refractivity contribution in [1.29, 1.82) is 0 Å². The molecule has 1 N–H and O–H groups in total. The maximum atomic E-state index is 5.44. The number of ether oxygens (including phenoxy) is 1. The van der Waals surface area contributed by atoms with E-state index in [4.69, 9.17) is 4.74 Å². The highest BCUT2D eigenvalue weighted by molar-refractivity contribution is 5.38. The van der Waals surface area contributed by atoms with E-state index in [1.54, 1.807) is 7.11 Å². The SMILES string of the molecule is CCn1ccnc1CNC(C)c1cc(C)ccc1OC. The molecule has 1 aromatic carbocycles. The number of aryl methyl sites for hydroxylation is 2. The van der Waals surface area contributed by atoms with E-state index in [2.05, 4.69) is 47.8 Å². The van der Waals surface area contributed by atoms with Crippen molar-refractivity contribution in [2.24, 2.45) is 0 Å². The first-order chi connectivity index (χ1) is 9.65. The molecule has 1 heterocycles. The normalized spacial score (nSPS) is 12.4. The van der Waals surface area contributed by atoms with Crippen molar-refractivity contribution >= 4 is 0 Å². The minimum Gasteiger partial charge on any atom is -0.496 e. The number of aromatic nitrogens is 2. The van der Waals surface area contributed by atoms with Crippen LogP contribution < -0.4 is 10.1 Å². The summed E-state index contributed by atoms with van der Waals surface area (Å²) in [6.45, 7) is 8.06. The molecule has 2 rings (SSSR count). The van der Waals surface area contributed by atoms with Gasteiger partial charge < -0.3 is 14.6 Å². The molecule has 0 aliphatic rings. The zero-order valence-electron chi connectivity index (χ0n) is 12.7. The average Bonchev–Trinajstić information content (AvgIpc) is 2.92. The van der Waals surface area contributed by atoms with E-state index in [0.29, 0.717) is 0 Å². The topological polar surface area (TPSA) is 39.1 Å². The second kappa shape index (κ2) is 6.57. The summed E-state index contributed by atoms with van der Waals surface area (Å²) in [6, 6.07) is 6.48. The Hall–Kier alpha value is -1.81. The number of nitrogens with one attached hydrogen (secondary N) is 1. The van der Waals surface area contributed by atoms with Gasteiger partial charge in [-0.05, 0) is 26.8 Å². The minimum absolute atomic E-state index is 0.215. The highest BCUT2D eigenvalue weighted by Crippen LogP contribution is 2.26. The summed E-state index contributed by atoms with van der Waals surface area (Å²) in [6.07, 6.45) is 3.85. The van der Waals surface area contributed by atoms with Crippen LogP contribution in [0.3, 0.4) is 0 Å². The molecule has 0 aliphatic heterocycles. The molecule has 1 unspecified atom stereocenters. The van der Waals surface area contributed by atoms with Crippen molar-refractivity contribution in [2.45, 2.75) is 39.9 Å². The highest BCUT2D eigenvalue weighted by Gasteiger charge is 2.12. The summed E-state index contributed by atoms with van der Waals surface area (Å²) in [7, 11) is 1.71. The number of nitrogens with zero attached hydrogens (tertiary/aromatic N) is 2. The monoisotopic (exact) mass is 273 g/mol. The van der Waals surface area contributed by atoms with Crippen molar-refractivity contribution < 1.29 is 4.74 Å². The Morgan fingerprint density at radius 2 is 2.20 bits per heavy atom. The Morgan fingerprint density at radius 3 is 2.90 bits per heavy atom. The van der Waals surface area contributed by atoms with Crippen LogP contribution in [0.1, 0.15) is 36.8 Å². The van der Waals surface area contributed by atoms with Crippen LogP contribution in [0.25, 0.3) is 0 Å². The Bertz CT molecular complexity index is 563. The van der Waals surface area contributed by atoms with Crippen molar-refractivity contribution in [3.05, 3.63) is 47.5 Å². The molecule has 4 nitrogen and oxygen atoms in total. The predicted molar refractivity (Wildman–Crippen MR) is 80.9 cm³/mol. The summed E-state index contributed by atoms with van der Waals surface area (Å²) in [5.41, 5.74) is 2.42. The van der Waals surface area contributed by atoms with E-state index in [0.717, 1.165) is 24.7 Å². The molecule has 0 fully saturated rings. The van der Waals surface area contributed by atoms with Gasteiger partial charge in [0.25, 0.3) is 0 Å². The van der Waals surface area contributed by atoms with Crippen molar-refractivity contribution in [3.63, 3.8) is 0 Å². The second-order valence-corrected chi connectivity index (χ2v) is 4.98. The number of methoxy groups -OCH3 is 1. The van der Waals surface area contributed by atoms with Gasteiger partial charge in [-0.15, -0.1) is 0 Å². The van der Waals surface area contributed by atoms with E-state index in [-0.39, 0.29) is 6.04 Å². The summed E-state index contributed by atoms with van der Waals surface area (Å²) < 4.78 is 7.59. The quantitative estimate of drug-likeness (QED) is 0.879. The standard InChI is InChI=1S/C16H23N3O/c1-5-19-9-8-17-16(19)11-18-13(3)14-10-12(2)6-7-15(14)20-4/h6-10,13,18H,5,11H2,1-4H3. The van der Waals surface area contributed by atoms with Crippen LogP contribution in [0.15, 0.2) is 30.6 Å². The molecular weight excluding hydrogens is 250 g/mol. The molecule has 1 atom stereocenters. The lowest BCUT2D eigenvalue weighted by atomic mass is 10.0. The van der Waals surface area contributed by atoms with Crippen LogP contribution >= 0.6 is 0 Å². The van der Waals surface area contributed by atoms with E-state index < -0.39 is 0 Å². The number of imidazole rings is 1. The molecule has 108 valence electrons. The van der Waals surface area contributed by atoms with Gasteiger partial charge in [0, 0.05) is 30.5 Å². The van der Waals surface area contributed by atoms with Crippen molar-refractivity contribution in [1.82, 2.24) is 14.9 Å². The van der Waals surface area contributed by atoms with Crippen LogP contribution in [-0.4, -0.2) is 16.7 Å². The zero-order valence-corrected chi connectivity index (χ0v) is 12.7. The predicted octanol–water partition coefficient (Wildman–Crippen LogP) is 3.07. The Labute approximate surface area is 120 Å². The molecule has 0 radical (unpaired) electrons. The molecule has 2 aromatic rings. The fourth-order valence-electron chi connectivity index (χ4n) is 2.34. The zero-order chi connectivity index (χ0) is 14.5. The van der Waals surface area contributed by atoms with E-state index >= 15 is 0 Å². The van der Waals surface area contributed by atoms with Crippen LogP contribution in [0, 0.1) is 6.92 Å². The third-order valence-corrected chi connectivity index (χ3v) is 3.56. The van der Waals surface area contributed by atoms with Gasteiger partial charge in [-0.2, -0.15) is 0 Å². The maximum Gasteiger partial charge on any atom is 0.123 e. The van der Waals surface area contributed by atoms with Crippen molar-refractivity contribution in [3.8, 4) is 5.75 Å². The van der Waals surface area contributed by atoms with Gasteiger partial charge >= 0.3 is 0 Å². The molecule has 0 saturated carbocycles. The van der Waals surface area contributed by atoms with Crippen LogP contribution in [0.2, 0.25) is 0 Å². The van der Waals surface area contributed by atoms with E-state index in [1.807, 2.05) is 18.5 Å². The third-order valence-electron chi connectivity index (χ3n) is 3.56. The Kier molecular flexibility index (Phi) is 4.79. The molecule has 20 heavy (non-hydrogen) atoms. The molecule has 4 heteroatoms. The van der Waals surface area contributed by atoms with Gasteiger partial charge in [0.05, 0.1) is 13.7 Å². The van der Waals surface area contributed by atoms with Crippen LogP contribution in [0.4, 0.5) is 0 Å². The summed E-state index contributed by atoms with van der Waals surface area (Å²) in [5.74, 6) is 1.99. The number of hydrogen-bond donors (Lipinski definition) is 1. The lowest BCUT2D eigenvalue weighted by molar-refractivity contribution is 0.400. The van der Waals surface area contributed by atoms with Crippen LogP contribution in [-0.2, 0) is 13.1 Å². The number of hydrogen-bond acceptors (Lipinski definition) is 3. The molecule has 0 amide bonds. The third kappa shape index (κ3) is 3.20. The van der Waals surface area contributed by atoms with Crippen molar-refractivity contribution in [2.75, 3.05) is 7.11 Å². The molecule has 1 aromatic heterocycles. The molecule has 0 saturated heterocycles. The van der Waals surface area contributed by atoms with E-state index in [1.165, 1.54) is 11.1 Å². The van der Waals surface area contributed by atoms with Gasteiger partial charge in [-0.1, -0.05) is 17.7 Å². The lowest BCUT2D eigenvalue weighted by Gasteiger charge is -2.18. The average molecular weight is 273 g/mol. The minimum atomic E-state index is 0.215. The van der Waals surface area contributed by atoms with Gasteiger partial charge in [0.2, 0.25) is 0 Å². The first kappa shape index (κ1) is 14.6. The second-order valence-electron chi connectivity index (χ2n) is 4.98. The Morgan fingerprint density at radius 1 is 1.40 bits per heavy atom. The van der Waals surface area contributed by atoms with Gasteiger partial charge in [-0.3, -0.25) is 0 Å². The highest BCUT2D eigenvalue weighted by atomic mass is 16.5. The van der Waals surface area contributed by atoms with Gasteiger partial charge in [0.1, 0.15) is 11.6 Å². The van der Waals surface area contributed by atoms with Crippen LogP contribution in [0.5, 0.6) is 5.75 Å². The van der Waals surface area contributed by atoms with Gasteiger partial charge in [-0.25, -0.2) is 4.98 Å². The molecule has 0 aliphatic carbocycles. The first-order valence-corrected chi connectivity index (χ1v) is 7.03. The number of rotatable bonds is 6. The summed E-state index contributed by atoms with van der Waals surface area (Å²) in [4.78, 5) is 4.38. The fourth-order valence-corrected chi connectivity index (χ4v) is 2.34. The molecule has 0 spiro atoms. The largest absolute Gasteiger partial charge is 0.496 e. The molecular formula is C16H23N3O. The fraction of sp³-hybridized carbons (Fsp3) is 0.438. The molecule has 0 bridgehead atoms. The Balaban J connectivity index is 2.08. The van der Waals surface area contributed by atoms with Gasteiger partial charge in [0.15, 0.2) is 0 Å². The first-order valence-electron chi connectivity index (χ1n) is 7.03. The lowest BCUT2D eigenvalue weighted by Crippen LogP contribution is -2.21. The smallest absolute Gasteiger partial charge is 0.123 e. The maximum absolute atomic E-state index is 5.44. The summed E-state index contributed by atoms with van der Waals surface area (Å²) >= 11 is 0.